The summed E-state index contributed by atoms with van der Waals surface area (Å²) >= 11 is 3.52. The van der Waals surface area contributed by atoms with Gasteiger partial charge in [0.15, 0.2) is 0 Å². The molecule has 0 bridgehead atoms. The Kier molecular flexibility index (Phi) is 2.66. The van der Waals surface area contributed by atoms with Crippen LogP contribution in [0.1, 0.15) is 0 Å². The van der Waals surface area contributed by atoms with Gasteiger partial charge in [0.25, 0.3) is 0 Å². The third kappa shape index (κ3) is 1.86. The number of nitrogens with one attached hydrogen (secondary N) is 1. The van der Waals surface area contributed by atoms with Crippen LogP contribution in [0.15, 0.2) is 22.8 Å². The molecule has 2 saturated heterocycles. The minimum Gasteiger partial charge on any atom is -0.352 e. The normalized spacial score (nSPS) is 23.6. The van der Waals surface area contributed by atoms with Crippen molar-refractivity contribution in [3.63, 3.8) is 0 Å². The molecule has 2 aliphatic rings. The highest BCUT2D eigenvalue weighted by atomic mass is 79.9. The van der Waals surface area contributed by atoms with E-state index >= 15 is 0 Å². The summed E-state index contributed by atoms with van der Waals surface area (Å²) in [4.78, 5) is 20.0. The number of fused-ring (bicyclic) bond motifs is 1. The van der Waals surface area contributed by atoms with Gasteiger partial charge in [-0.2, -0.15) is 0 Å². The Balaban J connectivity index is 1.80. The molecule has 1 aromatic rings. The molecule has 1 N–H and O–H groups in total. The lowest BCUT2D eigenvalue weighted by atomic mass is 10.2. The van der Waals surface area contributed by atoms with Gasteiger partial charge in [0.2, 0.25) is 0 Å². The van der Waals surface area contributed by atoms with E-state index in [0.717, 1.165) is 36.5 Å². The first-order valence-corrected chi connectivity index (χ1v) is 6.45. The zero-order chi connectivity index (χ0) is 11.8. The topological polar surface area (TPSA) is 48.5 Å². The summed E-state index contributed by atoms with van der Waals surface area (Å²) in [6, 6.07) is 4.23. The smallest absolute Gasteiger partial charge is 0.317 e. The summed E-state index contributed by atoms with van der Waals surface area (Å²) in [5.41, 5.74) is 0. The van der Waals surface area contributed by atoms with Gasteiger partial charge in [0.1, 0.15) is 5.82 Å². The zero-order valence-corrected chi connectivity index (χ0v) is 10.9. The van der Waals surface area contributed by atoms with E-state index in [2.05, 4.69) is 31.1 Å². The molecular formula is C11H13BrN4O. The molecule has 0 aromatic carbocycles. The van der Waals surface area contributed by atoms with Gasteiger partial charge in [0, 0.05) is 32.4 Å². The number of amides is 2. The Labute approximate surface area is 108 Å². The number of carbonyl (C=O) groups is 1. The van der Waals surface area contributed by atoms with E-state index in [-0.39, 0.29) is 12.1 Å². The summed E-state index contributed by atoms with van der Waals surface area (Å²) in [7, 11) is 0. The fraction of sp³-hybridized carbons (Fsp3) is 0.455. The quantitative estimate of drug-likeness (QED) is 0.843. The lowest BCUT2D eigenvalue weighted by Crippen LogP contribution is -2.52. The number of aromatic nitrogens is 1. The second kappa shape index (κ2) is 4.18. The van der Waals surface area contributed by atoms with Crippen LogP contribution in [0.2, 0.25) is 0 Å². The van der Waals surface area contributed by atoms with Gasteiger partial charge in [-0.3, -0.25) is 0 Å². The SMILES string of the molecule is O=C1NCC2CN(c3ncccc3Br)CCN12. The first kappa shape index (κ1) is 10.8. The van der Waals surface area contributed by atoms with Gasteiger partial charge in [0.05, 0.1) is 10.5 Å². The molecule has 1 atom stereocenters. The van der Waals surface area contributed by atoms with Gasteiger partial charge < -0.3 is 15.1 Å². The van der Waals surface area contributed by atoms with E-state index in [4.69, 9.17) is 0 Å². The second-order valence-corrected chi connectivity index (χ2v) is 5.14. The molecule has 5 nitrogen and oxygen atoms in total. The molecule has 0 saturated carbocycles. The van der Waals surface area contributed by atoms with Gasteiger partial charge in [-0.15, -0.1) is 0 Å². The predicted molar refractivity (Wildman–Crippen MR) is 68.0 cm³/mol. The number of anilines is 1. The maximum atomic E-state index is 11.5. The summed E-state index contributed by atoms with van der Waals surface area (Å²) in [6.45, 7) is 3.17. The Bertz CT molecular complexity index is 453. The van der Waals surface area contributed by atoms with Crippen LogP contribution >= 0.6 is 15.9 Å². The van der Waals surface area contributed by atoms with Crippen molar-refractivity contribution >= 4 is 27.8 Å². The van der Waals surface area contributed by atoms with Crippen molar-refractivity contribution in [3.05, 3.63) is 22.8 Å². The standard InChI is InChI=1S/C11H13BrN4O/c12-9-2-1-3-13-10(9)15-4-5-16-8(7-15)6-14-11(16)17/h1-3,8H,4-7H2,(H,14,17). The summed E-state index contributed by atoms with van der Waals surface area (Å²) in [5.74, 6) is 0.964. The van der Waals surface area contributed by atoms with Crippen LogP contribution in [-0.2, 0) is 0 Å². The summed E-state index contributed by atoms with van der Waals surface area (Å²) in [6.07, 6.45) is 1.80. The third-order valence-corrected chi connectivity index (χ3v) is 3.89. The maximum absolute atomic E-state index is 11.5. The van der Waals surface area contributed by atoms with Crippen LogP contribution in [0.25, 0.3) is 0 Å². The van der Waals surface area contributed by atoms with Gasteiger partial charge in [-0.25, -0.2) is 9.78 Å². The molecular weight excluding hydrogens is 284 g/mol. The Morgan fingerprint density at radius 1 is 1.47 bits per heavy atom. The van der Waals surface area contributed by atoms with Gasteiger partial charge >= 0.3 is 6.03 Å². The van der Waals surface area contributed by atoms with E-state index in [1.165, 1.54) is 0 Å². The van der Waals surface area contributed by atoms with Crippen LogP contribution in [0.4, 0.5) is 10.6 Å². The first-order valence-electron chi connectivity index (χ1n) is 5.65. The molecule has 1 unspecified atom stereocenters. The van der Waals surface area contributed by atoms with Crippen molar-refractivity contribution in [2.24, 2.45) is 0 Å². The lowest BCUT2D eigenvalue weighted by molar-refractivity contribution is 0.197. The Hall–Kier alpha value is -1.30. The van der Waals surface area contributed by atoms with E-state index in [0.29, 0.717) is 0 Å². The second-order valence-electron chi connectivity index (χ2n) is 4.29. The van der Waals surface area contributed by atoms with Crippen LogP contribution in [0, 0.1) is 0 Å². The minimum atomic E-state index is 0.0646. The summed E-state index contributed by atoms with van der Waals surface area (Å²) < 4.78 is 1.01. The molecule has 1 aromatic heterocycles. The molecule has 90 valence electrons. The van der Waals surface area contributed by atoms with Crippen LogP contribution in [0.3, 0.4) is 0 Å². The van der Waals surface area contributed by atoms with Crippen LogP contribution in [0.5, 0.6) is 0 Å². The largest absolute Gasteiger partial charge is 0.352 e. The number of hydrogen-bond acceptors (Lipinski definition) is 3. The molecule has 3 heterocycles. The van der Waals surface area contributed by atoms with Crippen LogP contribution in [-0.4, -0.2) is 48.1 Å². The van der Waals surface area contributed by atoms with E-state index < -0.39 is 0 Å². The number of piperazine rings is 1. The third-order valence-electron chi connectivity index (χ3n) is 3.27. The fourth-order valence-electron chi connectivity index (χ4n) is 2.41. The highest BCUT2D eigenvalue weighted by Gasteiger charge is 2.36. The highest BCUT2D eigenvalue weighted by Crippen LogP contribution is 2.26. The number of rotatable bonds is 1. The molecule has 17 heavy (non-hydrogen) atoms. The van der Waals surface area contributed by atoms with Gasteiger partial charge in [-0.05, 0) is 28.1 Å². The van der Waals surface area contributed by atoms with Crippen molar-refractivity contribution in [1.82, 2.24) is 15.2 Å². The lowest BCUT2D eigenvalue weighted by Gasteiger charge is -2.37. The first-order chi connectivity index (χ1) is 8.25. The van der Waals surface area contributed by atoms with Crippen molar-refractivity contribution in [3.8, 4) is 0 Å². The van der Waals surface area contributed by atoms with Crippen molar-refractivity contribution in [2.45, 2.75) is 6.04 Å². The molecule has 2 aliphatic heterocycles. The number of hydrogen-bond donors (Lipinski definition) is 1. The molecule has 0 aliphatic carbocycles. The number of urea groups is 1. The van der Waals surface area contributed by atoms with Crippen molar-refractivity contribution in [1.29, 1.82) is 0 Å². The van der Waals surface area contributed by atoms with Crippen molar-refractivity contribution in [2.75, 3.05) is 31.1 Å². The highest BCUT2D eigenvalue weighted by molar-refractivity contribution is 9.10. The fourth-order valence-corrected chi connectivity index (χ4v) is 2.91. The van der Waals surface area contributed by atoms with Gasteiger partial charge in [-0.1, -0.05) is 0 Å². The van der Waals surface area contributed by atoms with E-state index in [9.17, 15) is 4.79 Å². The van der Waals surface area contributed by atoms with Crippen LogP contribution < -0.4 is 10.2 Å². The van der Waals surface area contributed by atoms with Crippen molar-refractivity contribution < 1.29 is 4.79 Å². The molecule has 0 radical (unpaired) electrons. The Morgan fingerprint density at radius 2 is 2.35 bits per heavy atom. The maximum Gasteiger partial charge on any atom is 0.317 e. The van der Waals surface area contributed by atoms with E-state index in [1.54, 1.807) is 6.20 Å². The molecule has 6 heteroatoms. The number of nitrogens with zero attached hydrogens (tertiary/aromatic N) is 3. The predicted octanol–water partition coefficient (Wildman–Crippen LogP) is 1.06. The van der Waals surface area contributed by atoms with E-state index in [1.807, 2.05) is 17.0 Å². The average Bonchev–Trinajstić information content (AvgIpc) is 2.71. The number of carbonyl (C=O) groups excluding carboxylic acids is 1. The Morgan fingerprint density at radius 3 is 3.18 bits per heavy atom. The minimum absolute atomic E-state index is 0.0646. The number of pyridine rings is 1. The molecule has 2 amide bonds. The molecule has 3 rings (SSSR count). The zero-order valence-electron chi connectivity index (χ0n) is 9.27. The summed E-state index contributed by atoms with van der Waals surface area (Å²) in [5, 5.41) is 2.88. The monoisotopic (exact) mass is 296 g/mol. The molecule has 0 spiro atoms. The number of halogens is 1. The average molecular weight is 297 g/mol. The molecule has 2 fully saturated rings.